The number of aryl methyl sites for hydroxylation is 3. The van der Waals surface area contributed by atoms with E-state index in [-0.39, 0.29) is 12.5 Å². The Morgan fingerprint density at radius 1 is 1.35 bits per heavy atom. The third kappa shape index (κ3) is 4.10. The van der Waals surface area contributed by atoms with Gasteiger partial charge in [-0.15, -0.1) is 0 Å². The quantitative estimate of drug-likeness (QED) is 0.629. The number of nitrogen functional groups attached to an aromatic ring is 1. The molecule has 6 heteroatoms. The van der Waals surface area contributed by atoms with Crippen LogP contribution in [0.4, 0.5) is 5.69 Å². The molecule has 0 radical (unpaired) electrons. The summed E-state index contributed by atoms with van der Waals surface area (Å²) >= 11 is 0. The molecule has 3 N–H and O–H groups in total. The van der Waals surface area contributed by atoms with Gasteiger partial charge in [-0.2, -0.15) is 0 Å². The van der Waals surface area contributed by atoms with E-state index in [9.17, 15) is 4.79 Å². The molecule has 0 aliphatic carbocycles. The minimum absolute atomic E-state index is 0.166. The average molecular weight is 316 g/mol. The molecule has 0 aliphatic heterocycles. The van der Waals surface area contributed by atoms with Crippen molar-refractivity contribution in [1.82, 2.24) is 14.9 Å². The molecule has 0 unspecified atom stereocenters. The van der Waals surface area contributed by atoms with Crippen LogP contribution in [-0.2, 0) is 16.1 Å². The fraction of sp³-hybridized carbons (Fsp3) is 0.412. The van der Waals surface area contributed by atoms with Crippen molar-refractivity contribution in [2.24, 2.45) is 0 Å². The number of rotatable bonds is 6. The van der Waals surface area contributed by atoms with E-state index in [0.29, 0.717) is 13.2 Å². The van der Waals surface area contributed by atoms with Gasteiger partial charge in [0.2, 0.25) is 0 Å². The number of imidazole rings is 1. The highest BCUT2D eigenvalue weighted by atomic mass is 16.5. The summed E-state index contributed by atoms with van der Waals surface area (Å²) in [5.74, 6) is 0.664. The predicted octanol–water partition coefficient (Wildman–Crippen LogP) is 2.03. The number of hydrogen-bond acceptors (Lipinski definition) is 5. The van der Waals surface area contributed by atoms with Gasteiger partial charge in [0.05, 0.1) is 18.8 Å². The van der Waals surface area contributed by atoms with E-state index in [4.69, 9.17) is 10.5 Å². The Bertz CT molecular complexity index is 707. The number of esters is 1. The van der Waals surface area contributed by atoms with E-state index in [1.807, 2.05) is 43.7 Å². The average Bonchev–Trinajstić information content (AvgIpc) is 2.82. The lowest BCUT2D eigenvalue weighted by molar-refractivity contribution is -0.142. The fourth-order valence-electron chi connectivity index (χ4n) is 2.53. The molecule has 1 aromatic carbocycles. The van der Waals surface area contributed by atoms with Crippen LogP contribution in [0.3, 0.4) is 0 Å². The number of nitrogens with zero attached hydrogens (tertiary/aromatic N) is 2. The third-order valence-corrected chi connectivity index (χ3v) is 3.63. The molecule has 0 spiro atoms. The van der Waals surface area contributed by atoms with E-state index in [0.717, 1.165) is 34.0 Å². The monoisotopic (exact) mass is 316 g/mol. The van der Waals surface area contributed by atoms with E-state index in [1.54, 1.807) is 6.92 Å². The molecule has 23 heavy (non-hydrogen) atoms. The van der Waals surface area contributed by atoms with Gasteiger partial charge in [0, 0.05) is 24.1 Å². The highest BCUT2D eigenvalue weighted by Gasteiger charge is 2.10. The number of carbonyl (C=O) groups is 1. The van der Waals surface area contributed by atoms with Crippen LogP contribution >= 0.6 is 0 Å². The smallest absolute Gasteiger partial charge is 0.319 e. The van der Waals surface area contributed by atoms with Crippen molar-refractivity contribution in [3.63, 3.8) is 0 Å². The molecule has 2 rings (SSSR count). The van der Waals surface area contributed by atoms with Crippen molar-refractivity contribution in [3.05, 3.63) is 41.0 Å². The molecule has 0 bridgehead atoms. The van der Waals surface area contributed by atoms with E-state index in [2.05, 4.69) is 10.3 Å². The number of nitrogens with one attached hydrogen (secondary N) is 1. The van der Waals surface area contributed by atoms with Crippen LogP contribution in [0.2, 0.25) is 0 Å². The largest absolute Gasteiger partial charge is 0.465 e. The second-order valence-corrected chi connectivity index (χ2v) is 5.54. The lowest BCUT2D eigenvalue weighted by atomic mass is 10.1. The first kappa shape index (κ1) is 17.0. The van der Waals surface area contributed by atoms with Crippen molar-refractivity contribution < 1.29 is 9.53 Å². The molecule has 0 saturated carbocycles. The number of benzene rings is 1. The maximum absolute atomic E-state index is 11.4. The maximum Gasteiger partial charge on any atom is 0.319 e. The number of anilines is 1. The normalized spacial score (nSPS) is 10.8. The van der Waals surface area contributed by atoms with Crippen LogP contribution in [0.5, 0.6) is 0 Å². The topological polar surface area (TPSA) is 82.2 Å². The van der Waals surface area contributed by atoms with Crippen molar-refractivity contribution in [2.45, 2.75) is 34.2 Å². The highest BCUT2D eigenvalue weighted by molar-refractivity contribution is 5.71. The van der Waals surface area contributed by atoms with Gasteiger partial charge >= 0.3 is 5.97 Å². The van der Waals surface area contributed by atoms with Crippen molar-refractivity contribution in [1.29, 1.82) is 0 Å². The van der Waals surface area contributed by atoms with Crippen LogP contribution in [0, 0.1) is 20.8 Å². The Labute approximate surface area is 136 Å². The summed E-state index contributed by atoms with van der Waals surface area (Å²) in [5, 5.41) is 3.07. The Balaban J connectivity index is 2.20. The van der Waals surface area contributed by atoms with Gasteiger partial charge in [-0.05, 0) is 51.0 Å². The van der Waals surface area contributed by atoms with Crippen LogP contribution < -0.4 is 11.1 Å². The van der Waals surface area contributed by atoms with Gasteiger partial charge in [-0.3, -0.25) is 4.79 Å². The first-order valence-electron chi connectivity index (χ1n) is 7.70. The summed E-state index contributed by atoms with van der Waals surface area (Å²) < 4.78 is 6.94. The molecule has 0 amide bonds. The Morgan fingerprint density at radius 3 is 2.70 bits per heavy atom. The summed E-state index contributed by atoms with van der Waals surface area (Å²) in [4.78, 5) is 15.8. The zero-order valence-electron chi connectivity index (χ0n) is 14.1. The van der Waals surface area contributed by atoms with Gasteiger partial charge in [0.1, 0.15) is 5.82 Å². The number of hydrogen-bond donors (Lipinski definition) is 2. The lowest BCUT2D eigenvalue weighted by Gasteiger charge is -2.14. The molecule has 1 aromatic heterocycles. The molecular formula is C17H24N4O2. The predicted molar refractivity (Wildman–Crippen MR) is 90.5 cm³/mol. The van der Waals surface area contributed by atoms with Gasteiger partial charge in [-0.25, -0.2) is 4.98 Å². The fourth-order valence-corrected chi connectivity index (χ4v) is 2.53. The van der Waals surface area contributed by atoms with Crippen LogP contribution in [0.25, 0.3) is 5.69 Å². The third-order valence-electron chi connectivity index (χ3n) is 3.63. The van der Waals surface area contributed by atoms with Gasteiger partial charge in [0.15, 0.2) is 0 Å². The van der Waals surface area contributed by atoms with E-state index in [1.165, 1.54) is 0 Å². The second kappa shape index (κ2) is 7.28. The summed E-state index contributed by atoms with van der Waals surface area (Å²) in [6.07, 6.45) is 2.00. The second-order valence-electron chi connectivity index (χ2n) is 5.54. The first-order valence-corrected chi connectivity index (χ1v) is 7.70. The molecule has 0 aliphatic rings. The first-order chi connectivity index (χ1) is 10.9. The highest BCUT2D eigenvalue weighted by Crippen LogP contribution is 2.23. The van der Waals surface area contributed by atoms with Crippen LogP contribution in [0.1, 0.15) is 29.6 Å². The summed E-state index contributed by atoms with van der Waals surface area (Å²) in [6.45, 7) is 8.76. The standard InChI is InChI=1S/C17H24N4O2/c1-5-23-16(22)9-19-8-14-7-15(6-11(2)17(14)18)21-10-12(3)20-13(21)4/h6-7,10,19H,5,8-9,18H2,1-4H3. The zero-order chi connectivity index (χ0) is 17.0. The number of ether oxygens (including phenoxy) is 1. The maximum atomic E-state index is 11.4. The van der Waals surface area contributed by atoms with E-state index < -0.39 is 0 Å². The van der Waals surface area contributed by atoms with Gasteiger partial charge in [0.25, 0.3) is 0 Å². The SMILES string of the molecule is CCOC(=O)CNCc1cc(-n2cc(C)nc2C)cc(C)c1N. The van der Waals surface area contributed by atoms with E-state index >= 15 is 0 Å². The van der Waals surface area contributed by atoms with Crippen molar-refractivity contribution >= 4 is 11.7 Å². The summed E-state index contributed by atoms with van der Waals surface area (Å²) in [6, 6.07) is 4.06. The summed E-state index contributed by atoms with van der Waals surface area (Å²) in [5.41, 5.74) is 10.8. The van der Waals surface area contributed by atoms with Crippen molar-refractivity contribution in [2.75, 3.05) is 18.9 Å². The molecule has 6 nitrogen and oxygen atoms in total. The Hall–Kier alpha value is -2.34. The van der Waals surface area contributed by atoms with Gasteiger partial charge in [-0.1, -0.05) is 0 Å². The molecular weight excluding hydrogens is 292 g/mol. The number of aromatic nitrogens is 2. The molecule has 0 saturated heterocycles. The minimum atomic E-state index is -0.264. The lowest BCUT2D eigenvalue weighted by Crippen LogP contribution is -2.24. The minimum Gasteiger partial charge on any atom is -0.465 e. The summed E-state index contributed by atoms with van der Waals surface area (Å²) in [7, 11) is 0. The number of nitrogens with two attached hydrogens (primary N) is 1. The molecule has 1 heterocycles. The molecule has 0 fully saturated rings. The van der Waals surface area contributed by atoms with Crippen LogP contribution in [0.15, 0.2) is 18.3 Å². The van der Waals surface area contributed by atoms with Crippen molar-refractivity contribution in [3.8, 4) is 5.69 Å². The van der Waals surface area contributed by atoms with Crippen LogP contribution in [-0.4, -0.2) is 28.7 Å². The number of carbonyl (C=O) groups excluding carboxylic acids is 1. The van der Waals surface area contributed by atoms with Gasteiger partial charge < -0.3 is 20.4 Å². The molecule has 124 valence electrons. The molecule has 2 aromatic rings. The Morgan fingerprint density at radius 2 is 2.09 bits per heavy atom. The molecule has 0 atom stereocenters. The zero-order valence-corrected chi connectivity index (χ0v) is 14.1. The Kier molecular flexibility index (Phi) is 5.39.